The van der Waals surface area contributed by atoms with Crippen LogP contribution in [0.2, 0.25) is 0 Å². The van der Waals surface area contributed by atoms with E-state index in [9.17, 15) is 18.8 Å². The van der Waals surface area contributed by atoms with E-state index in [1.165, 1.54) is 24.3 Å². The van der Waals surface area contributed by atoms with Crippen LogP contribution in [0.25, 0.3) is 0 Å². The summed E-state index contributed by atoms with van der Waals surface area (Å²) in [6, 6.07) is 14.3. The number of carbonyl (C=O) groups is 3. The summed E-state index contributed by atoms with van der Waals surface area (Å²) >= 11 is 0. The van der Waals surface area contributed by atoms with Gasteiger partial charge in [-0.1, -0.05) is 43.2 Å². The first-order chi connectivity index (χ1) is 15.0. The van der Waals surface area contributed by atoms with Crippen LogP contribution in [0, 0.1) is 11.7 Å². The van der Waals surface area contributed by atoms with Gasteiger partial charge < -0.3 is 15.0 Å². The Balaban J connectivity index is 1.47. The largest absolute Gasteiger partial charge is 0.447 e. The SMILES string of the molecule is O=C(O[C@H](C(=O)Nc1ccc(F)cc1)c1ccccc1)[C@H]1CC(=O)N(C2CCCC2)C1. The summed E-state index contributed by atoms with van der Waals surface area (Å²) in [5, 5.41) is 2.67. The van der Waals surface area contributed by atoms with Gasteiger partial charge in [-0.2, -0.15) is 0 Å². The van der Waals surface area contributed by atoms with Crippen molar-refractivity contribution < 1.29 is 23.5 Å². The predicted molar refractivity (Wildman–Crippen MR) is 112 cm³/mol. The van der Waals surface area contributed by atoms with Crippen LogP contribution < -0.4 is 5.32 Å². The van der Waals surface area contributed by atoms with E-state index in [0.717, 1.165) is 25.7 Å². The highest BCUT2D eigenvalue weighted by atomic mass is 19.1. The lowest BCUT2D eigenvalue weighted by Crippen LogP contribution is -2.35. The highest BCUT2D eigenvalue weighted by molar-refractivity contribution is 5.96. The first-order valence-corrected chi connectivity index (χ1v) is 10.6. The van der Waals surface area contributed by atoms with Crippen molar-refractivity contribution in [2.24, 2.45) is 5.92 Å². The molecule has 2 aromatic carbocycles. The Morgan fingerprint density at radius 3 is 2.39 bits per heavy atom. The van der Waals surface area contributed by atoms with Crippen molar-refractivity contribution in [3.63, 3.8) is 0 Å². The third-order valence-electron chi connectivity index (χ3n) is 5.94. The van der Waals surface area contributed by atoms with Gasteiger partial charge in [0.1, 0.15) is 5.82 Å². The molecule has 2 atom stereocenters. The van der Waals surface area contributed by atoms with Crippen LogP contribution in [0.3, 0.4) is 0 Å². The number of benzene rings is 2. The van der Waals surface area contributed by atoms with Crippen LogP contribution in [-0.4, -0.2) is 35.3 Å². The van der Waals surface area contributed by atoms with Crippen molar-refractivity contribution >= 4 is 23.5 Å². The number of amides is 2. The number of carbonyl (C=O) groups excluding carboxylic acids is 3. The average molecular weight is 424 g/mol. The van der Waals surface area contributed by atoms with E-state index in [-0.39, 0.29) is 18.4 Å². The molecule has 2 amide bonds. The molecule has 2 aromatic rings. The maximum absolute atomic E-state index is 13.2. The van der Waals surface area contributed by atoms with Gasteiger partial charge in [-0.25, -0.2) is 4.39 Å². The Kier molecular flexibility index (Phi) is 6.30. The number of hydrogen-bond acceptors (Lipinski definition) is 4. The normalized spacial score (nSPS) is 20.0. The number of rotatable bonds is 6. The highest BCUT2D eigenvalue weighted by Gasteiger charge is 2.40. The summed E-state index contributed by atoms with van der Waals surface area (Å²) < 4.78 is 18.8. The summed E-state index contributed by atoms with van der Waals surface area (Å²) in [5.74, 6) is -2.12. The van der Waals surface area contributed by atoms with Crippen LogP contribution >= 0.6 is 0 Å². The molecule has 0 aromatic heterocycles. The molecule has 162 valence electrons. The third-order valence-corrected chi connectivity index (χ3v) is 5.94. The lowest BCUT2D eigenvalue weighted by molar-refractivity contribution is -0.158. The fourth-order valence-corrected chi connectivity index (χ4v) is 4.31. The van der Waals surface area contributed by atoms with Gasteiger partial charge in [0.15, 0.2) is 0 Å². The molecule has 0 radical (unpaired) electrons. The molecule has 2 fully saturated rings. The molecule has 1 aliphatic carbocycles. The number of hydrogen-bond donors (Lipinski definition) is 1. The zero-order valence-electron chi connectivity index (χ0n) is 17.1. The Morgan fingerprint density at radius 2 is 1.71 bits per heavy atom. The highest BCUT2D eigenvalue weighted by Crippen LogP contribution is 2.31. The topological polar surface area (TPSA) is 75.7 Å². The molecule has 31 heavy (non-hydrogen) atoms. The molecule has 2 aliphatic rings. The van der Waals surface area contributed by atoms with Gasteiger partial charge in [-0.15, -0.1) is 0 Å². The van der Waals surface area contributed by atoms with Crippen LogP contribution in [0.1, 0.15) is 43.8 Å². The molecule has 1 saturated carbocycles. The molecule has 4 rings (SSSR count). The van der Waals surface area contributed by atoms with Crippen molar-refractivity contribution in [3.8, 4) is 0 Å². The third kappa shape index (κ3) is 4.93. The van der Waals surface area contributed by atoms with Crippen molar-refractivity contribution in [1.29, 1.82) is 0 Å². The van der Waals surface area contributed by atoms with E-state index < -0.39 is 29.7 Å². The van der Waals surface area contributed by atoms with Gasteiger partial charge >= 0.3 is 5.97 Å². The zero-order valence-corrected chi connectivity index (χ0v) is 17.1. The minimum absolute atomic E-state index is 0.0270. The molecule has 1 aliphatic heterocycles. The van der Waals surface area contributed by atoms with Crippen LogP contribution in [0.15, 0.2) is 54.6 Å². The van der Waals surface area contributed by atoms with E-state index in [1.54, 1.807) is 35.2 Å². The minimum Gasteiger partial charge on any atom is -0.447 e. The quantitative estimate of drug-likeness (QED) is 0.715. The molecular formula is C24H25FN2O4. The van der Waals surface area contributed by atoms with Crippen LogP contribution in [-0.2, 0) is 19.1 Å². The summed E-state index contributed by atoms with van der Waals surface area (Å²) in [4.78, 5) is 40.1. The monoisotopic (exact) mass is 424 g/mol. The van der Waals surface area contributed by atoms with Crippen molar-refractivity contribution in [3.05, 3.63) is 66.0 Å². The number of ether oxygens (including phenoxy) is 1. The van der Waals surface area contributed by atoms with Gasteiger partial charge in [-0.3, -0.25) is 14.4 Å². The Bertz CT molecular complexity index is 942. The Labute approximate surface area is 180 Å². The number of likely N-dealkylation sites (tertiary alicyclic amines) is 1. The van der Waals surface area contributed by atoms with Crippen molar-refractivity contribution in [2.75, 3.05) is 11.9 Å². The van der Waals surface area contributed by atoms with Gasteiger partial charge in [-0.05, 0) is 37.1 Å². The summed E-state index contributed by atoms with van der Waals surface area (Å²) in [5.41, 5.74) is 0.916. The number of nitrogens with one attached hydrogen (secondary N) is 1. The van der Waals surface area contributed by atoms with Gasteiger partial charge in [0.05, 0.1) is 5.92 Å². The molecule has 1 heterocycles. The molecule has 1 saturated heterocycles. The smallest absolute Gasteiger partial charge is 0.312 e. The number of anilines is 1. The molecule has 0 bridgehead atoms. The molecule has 6 nitrogen and oxygen atoms in total. The van der Waals surface area contributed by atoms with E-state index in [1.807, 2.05) is 0 Å². The number of halogens is 1. The summed E-state index contributed by atoms with van der Waals surface area (Å²) in [7, 11) is 0. The lowest BCUT2D eigenvalue weighted by Gasteiger charge is -2.24. The van der Waals surface area contributed by atoms with Crippen LogP contribution in [0.4, 0.5) is 10.1 Å². The second-order valence-electron chi connectivity index (χ2n) is 8.11. The maximum Gasteiger partial charge on any atom is 0.312 e. The van der Waals surface area contributed by atoms with Crippen molar-refractivity contribution in [1.82, 2.24) is 4.90 Å². The standard InChI is InChI=1S/C24H25FN2O4/c25-18-10-12-19(13-11-18)26-23(29)22(16-6-2-1-3-7-16)31-24(30)17-14-21(28)27(15-17)20-8-4-5-9-20/h1-3,6-7,10-13,17,20,22H,4-5,8-9,14-15H2,(H,26,29)/t17-,22-/m0/s1. The molecule has 0 unspecified atom stereocenters. The molecule has 1 N–H and O–H groups in total. The van der Waals surface area contributed by atoms with E-state index >= 15 is 0 Å². The second-order valence-corrected chi connectivity index (χ2v) is 8.11. The van der Waals surface area contributed by atoms with Gasteiger partial charge in [0.25, 0.3) is 5.91 Å². The molecular weight excluding hydrogens is 399 g/mol. The maximum atomic E-state index is 13.2. The summed E-state index contributed by atoms with van der Waals surface area (Å²) in [6.45, 7) is 0.337. The molecule has 0 spiro atoms. The minimum atomic E-state index is -1.17. The Morgan fingerprint density at radius 1 is 1.03 bits per heavy atom. The second kappa shape index (κ2) is 9.29. The van der Waals surface area contributed by atoms with Crippen LogP contribution in [0.5, 0.6) is 0 Å². The first-order valence-electron chi connectivity index (χ1n) is 10.6. The lowest BCUT2D eigenvalue weighted by atomic mass is 10.1. The predicted octanol–water partition coefficient (Wildman–Crippen LogP) is 3.84. The van der Waals surface area contributed by atoms with Gasteiger partial charge in [0, 0.05) is 30.3 Å². The average Bonchev–Trinajstić information content (AvgIpc) is 3.43. The van der Waals surface area contributed by atoms with E-state index in [0.29, 0.717) is 17.8 Å². The summed E-state index contributed by atoms with van der Waals surface area (Å²) in [6.07, 6.45) is 3.08. The van der Waals surface area contributed by atoms with E-state index in [4.69, 9.17) is 4.74 Å². The number of nitrogens with zero attached hydrogens (tertiary/aromatic N) is 1. The number of esters is 1. The van der Waals surface area contributed by atoms with Crippen molar-refractivity contribution in [2.45, 2.75) is 44.2 Å². The zero-order chi connectivity index (χ0) is 21.8. The fraction of sp³-hybridized carbons (Fsp3) is 0.375. The molecule has 7 heteroatoms. The first kappa shape index (κ1) is 21.0. The van der Waals surface area contributed by atoms with Gasteiger partial charge in [0.2, 0.25) is 12.0 Å². The Hall–Kier alpha value is -3.22. The van der Waals surface area contributed by atoms with E-state index in [2.05, 4.69) is 5.32 Å². The fourth-order valence-electron chi connectivity index (χ4n) is 4.31.